The molecule has 21 heavy (non-hydrogen) atoms. The monoisotopic (exact) mass is 295 g/mol. The molecule has 2 aromatic rings. The first-order valence-electron chi connectivity index (χ1n) is 7.54. The summed E-state index contributed by atoms with van der Waals surface area (Å²) in [6.45, 7) is 15.5. The average Bonchev–Trinajstić information content (AvgIpc) is 2.96. The van der Waals surface area contributed by atoms with Gasteiger partial charge in [0.05, 0.1) is 5.69 Å². The molecule has 0 aliphatic rings. The fraction of sp³-hybridized carbons (Fsp3) is 0.625. The molecule has 2 rings (SSSR count). The summed E-state index contributed by atoms with van der Waals surface area (Å²) in [4.78, 5) is 4.16. The zero-order chi connectivity index (χ0) is 16.7. The van der Waals surface area contributed by atoms with Gasteiger partial charge in [0.1, 0.15) is 5.69 Å². The normalized spacial score (nSPS) is 11.1. The molecule has 0 fully saturated rings. The van der Waals surface area contributed by atoms with Crippen molar-refractivity contribution < 1.29 is 9.52 Å². The standard InChI is InChI=1S/C12H17N3O2.2C2H6/c1-6-8(3)15(5)14-10(6)11(16)12-7(2)13-9(4)17-12;2*1-2/h11,16H,1-5H3;2*1-2H3. The summed E-state index contributed by atoms with van der Waals surface area (Å²) in [5, 5.41) is 14.6. The molecule has 2 heterocycles. The van der Waals surface area contributed by atoms with Gasteiger partial charge in [0.15, 0.2) is 17.8 Å². The van der Waals surface area contributed by atoms with Gasteiger partial charge in [-0.3, -0.25) is 4.68 Å². The first-order chi connectivity index (χ1) is 9.91. The third-order valence-electron chi connectivity index (χ3n) is 3.12. The van der Waals surface area contributed by atoms with Gasteiger partial charge in [0.25, 0.3) is 0 Å². The molecular weight excluding hydrogens is 266 g/mol. The summed E-state index contributed by atoms with van der Waals surface area (Å²) in [7, 11) is 1.86. The number of hydrogen-bond donors (Lipinski definition) is 1. The van der Waals surface area contributed by atoms with E-state index in [2.05, 4.69) is 10.1 Å². The molecule has 0 bridgehead atoms. The van der Waals surface area contributed by atoms with Gasteiger partial charge in [-0.25, -0.2) is 4.98 Å². The Kier molecular flexibility index (Phi) is 7.95. The van der Waals surface area contributed by atoms with Crippen LogP contribution < -0.4 is 0 Å². The molecule has 1 N–H and O–H groups in total. The van der Waals surface area contributed by atoms with Crippen molar-refractivity contribution in [3.8, 4) is 0 Å². The van der Waals surface area contributed by atoms with Crippen LogP contribution in [0.2, 0.25) is 0 Å². The van der Waals surface area contributed by atoms with Gasteiger partial charge in [-0.15, -0.1) is 0 Å². The molecule has 0 saturated heterocycles. The average molecular weight is 295 g/mol. The second-order valence-electron chi connectivity index (χ2n) is 4.30. The van der Waals surface area contributed by atoms with Crippen molar-refractivity contribution in [3.05, 3.63) is 34.3 Å². The molecule has 0 saturated carbocycles. The second kappa shape index (κ2) is 8.62. The Bertz CT molecular complexity index is 556. The lowest BCUT2D eigenvalue weighted by atomic mass is 10.1. The van der Waals surface area contributed by atoms with Crippen LogP contribution in [0.4, 0.5) is 0 Å². The summed E-state index contributed by atoms with van der Waals surface area (Å²) in [6.07, 6.45) is -0.851. The molecule has 1 unspecified atom stereocenters. The van der Waals surface area contributed by atoms with Gasteiger partial charge in [-0.05, 0) is 26.3 Å². The molecule has 0 aliphatic heterocycles. The SMILES string of the molecule is CC.CC.Cc1nc(C)c(C(O)c2nn(C)c(C)c2C)o1. The summed E-state index contributed by atoms with van der Waals surface area (Å²) < 4.78 is 7.18. The zero-order valence-electron chi connectivity index (χ0n) is 14.8. The fourth-order valence-corrected chi connectivity index (χ4v) is 1.92. The van der Waals surface area contributed by atoms with Crippen LogP contribution in [0, 0.1) is 27.7 Å². The number of oxazole rings is 1. The number of aliphatic hydroxyl groups is 1. The smallest absolute Gasteiger partial charge is 0.191 e. The molecule has 0 aliphatic carbocycles. The first kappa shape index (κ1) is 19.4. The molecule has 0 radical (unpaired) electrons. The molecule has 5 heteroatoms. The van der Waals surface area contributed by atoms with E-state index in [1.807, 2.05) is 55.5 Å². The Morgan fingerprint density at radius 1 is 1.05 bits per heavy atom. The highest BCUT2D eigenvalue weighted by Gasteiger charge is 2.24. The van der Waals surface area contributed by atoms with E-state index < -0.39 is 6.10 Å². The Morgan fingerprint density at radius 2 is 1.57 bits per heavy atom. The van der Waals surface area contributed by atoms with Gasteiger partial charge in [0.2, 0.25) is 0 Å². The predicted molar refractivity (Wildman–Crippen MR) is 85.4 cm³/mol. The molecule has 0 aromatic carbocycles. The van der Waals surface area contributed by atoms with Crippen LogP contribution >= 0.6 is 0 Å². The van der Waals surface area contributed by atoms with Crippen molar-refractivity contribution in [3.63, 3.8) is 0 Å². The van der Waals surface area contributed by atoms with Crippen LogP contribution in [-0.2, 0) is 7.05 Å². The molecule has 0 amide bonds. The second-order valence-corrected chi connectivity index (χ2v) is 4.30. The van der Waals surface area contributed by atoms with Gasteiger partial charge in [-0.2, -0.15) is 5.10 Å². The minimum atomic E-state index is -0.851. The largest absolute Gasteiger partial charge is 0.443 e. The van der Waals surface area contributed by atoms with Gasteiger partial charge in [0, 0.05) is 19.7 Å². The Morgan fingerprint density at radius 3 is 1.90 bits per heavy atom. The molecule has 120 valence electrons. The topological polar surface area (TPSA) is 64.1 Å². The van der Waals surface area contributed by atoms with Crippen molar-refractivity contribution in [2.75, 3.05) is 0 Å². The number of nitrogens with zero attached hydrogens (tertiary/aromatic N) is 3. The minimum Gasteiger partial charge on any atom is -0.443 e. The number of aromatic nitrogens is 3. The Hall–Kier alpha value is -1.62. The highest BCUT2D eigenvalue weighted by Crippen LogP contribution is 2.27. The number of aliphatic hydroxyl groups excluding tert-OH is 1. The molecule has 5 nitrogen and oxygen atoms in total. The lowest BCUT2D eigenvalue weighted by Gasteiger charge is -2.06. The zero-order valence-corrected chi connectivity index (χ0v) is 14.8. The number of hydrogen-bond acceptors (Lipinski definition) is 4. The predicted octanol–water partition coefficient (Wildman–Crippen LogP) is 3.78. The quantitative estimate of drug-likeness (QED) is 0.916. The van der Waals surface area contributed by atoms with Crippen molar-refractivity contribution in [2.24, 2.45) is 7.05 Å². The van der Waals surface area contributed by atoms with E-state index in [1.54, 1.807) is 11.6 Å². The minimum absolute atomic E-state index is 0.476. The number of aryl methyl sites for hydroxylation is 3. The third kappa shape index (κ3) is 4.17. The fourth-order valence-electron chi connectivity index (χ4n) is 1.92. The summed E-state index contributed by atoms with van der Waals surface area (Å²) in [5.74, 6) is 1.03. The van der Waals surface area contributed by atoms with Crippen LogP contribution in [0.5, 0.6) is 0 Å². The third-order valence-corrected chi connectivity index (χ3v) is 3.12. The first-order valence-corrected chi connectivity index (χ1v) is 7.54. The van der Waals surface area contributed by atoms with E-state index in [1.165, 1.54) is 0 Å². The maximum atomic E-state index is 10.3. The van der Waals surface area contributed by atoms with Gasteiger partial charge >= 0.3 is 0 Å². The van der Waals surface area contributed by atoms with Crippen LogP contribution in [0.25, 0.3) is 0 Å². The maximum absolute atomic E-state index is 10.3. The number of rotatable bonds is 2. The summed E-state index contributed by atoms with van der Waals surface area (Å²) in [6, 6.07) is 0. The van der Waals surface area contributed by atoms with E-state index >= 15 is 0 Å². The van der Waals surface area contributed by atoms with Crippen LogP contribution in [0.15, 0.2) is 4.42 Å². The Labute approximate surface area is 128 Å². The van der Waals surface area contributed by atoms with Gasteiger partial charge in [-0.1, -0.05) is 27.7 Å². The lowest BCUT2D eigenvalue weighted by molar-refractivity contribution is 0.180. The highest BCUT2D eigenvalue weighted by atomic mass is 16.4. The molecule has 2 aromatic heterocycles. The molecule has 0 spiro atoms. The van der Waals surface area contributed by atoms with E-state index in [-0.39, 0.29) is 0 Å². The maximum Gasteiger partial charge on any atom is 0.191 e. The van der Waals surface area contributed by atoms with E-state index in [4.69, 9.17) is 4.42 Å². The molecular formula is C16H29N3O2. The van der Waals surface area contributed by atoms with Crippen molar-refractivity contribution >= 4 is 0 Å². The van der Waals surface area contributed by atoms with Crippen LogP contribution in [0.3, 0.4) is 0 Å². The molecule has 1 atom stereocenters. The van der Waals surface area contributed by atoms with E-state index in [0.717, 1.165) is 11.3 Å². The van der Waals surface area contributed by atoms with Crippen LogP contribution in [-0.4, -0.2) is 19.9 Å². The van der Waals surface area contributed by atoms with E-state index in [9.17, 15) is 5.11 Å². The Balaban J connectivity index is 0.000000921. The summed E-state index contributed by atoms with van der Waals surface area (Å²) >= 11 is 0. The van der Waals surface area contributed by atoms with Crippen molar-refractivity contribution in [1.29, 1.82) is 0 Å². The van der Waals surface area contributed by atoms with Crippen molar-refractivity contribution in [1.82, 2.24) is 14.8 Å². The lowest BCUT2D eigenvalue weighted by Crippen LogP contribution is -2.03. The van der Waals surface area contributed by atoms with E-state index in [0.29, 0.717) is 23.0 Å². The van der Waals surface area contributed by atoms with Crippen molar-refractivity contribution in [2.45, 2.75) is 61.5 Å². The highest BCUT2D eigenvalue weighted by molar-refractivity contribution is 5.30. The van der Waals surface area contributed by atoms with Gasteiger partial charge < -0.3 is 9.52 Å². The van der Waals surface area contributed by atoms with Crippen LogP contribution in [0.1, 0.15) is 68.1 Å². The summed E-state index contributed by atoms with van der Waals surface area (Å²) in [5.41, 5.74) is 3.35.